The van der Waals surface area contributed by atoms with E-state index < -0.39 is 18.3 Å². The number of amides is 1. The highest BCUT2D eigenvalue weighted by Gasteiger charge is 2.28. The van der Waals surface area contributed by atoms with Crippen molar-refractivity contribution in [1.29, 1.82) is 5.26 Å². The number of hydrogen-bond acceptors (Lipinski definition) is 4. The van der Waals surface area contributed by atoms with Crippen LogP contribution in [0.5, 0.6) is 0 Å². The van der Waals surface area contributed by atoms with E-state index in [1.54, 1.807) is 13.8 Å². The zero-order valence-electron chi connectivity index (χ0n) is 15.1. The van der Waals surface area contributed by atoms with E-state index in [0.717, 1.165) is 10.5 Å². The van der Waals surface area contributed by atoms with Gasteiger partial charge < -0.3 is 10.3 Å². The van der Waals surface area contributed by atoms with Crippen LogP contribution in [0.25, 0.3) is 0 Å². The molecule has 0 radical (unpaired) electrons. The van der Waals surface area contributed by atoms with E-state index in [-0.39, 0.29) is 31.0 Å². The van der Waals surface area contributed by atoms with Crippen LogP contribution >= 0.6 is 0 Å². The molecule has 0 saturated heterocycles. The first-order valence-electron chi connectivity index (χ1n) is 8.19. The highest BCUT2D eigenvalue weighted by Crippen LogP contribution is 2.16. The minimum Gasteiger partial charge on any atom is -0.356 e. The molecule has 1 heterocycles. The average molecular weight is 372 g/mol. The second-order valence-corrected chi connectivity index (χ2v) is 6.23. The van der Waals surface area contributed by atoms with E-state index in [9.17, 15) is 22.8 Å². The third kappa shape index (κ3) is 6.88. The molecule has 1 amide bonds. The van der Waals surface area contributed by atoms with Gasteiger partial charge >= 0.3 is 6.18 Å². The fourth-order valence-electron chi connectivity index (χ4n) is 2.71. The Bertz CT molecular complexity index is 735. The van der Waals surface area contributed by atoms with Gasteiger partial charge in [-0.1, -0.05) is 0 Å². The van der Waals surface area contributed by atoms with Gasteiger partial charge in [0.05, 0.1) is 6.54 Å². The largest absolute Gasteiger partial charge is 0.401 e. The number of halogens is 3. The van der Waals surface area contributed by atoms with Crippen molar-refractivity contribution in [3.8, 4) is 6.07 Å². The molecular weight excluding hydrogens is 349 g/mol. The lowest BCUT2D eigenvalue weighted by molar-refractivity contribution is -0.143. The van der Waals surface area contributed by atoms with Crippen LogP contribution in [-0.4, -0.2) is 48.6 Å². The Hall–Kier alpha value is -2.34. The molecule has 0 fully saturated rings. The summed E-state index contributed by atoms with van der Waals surface area (Å²) in [5.74, 6) is -0.230. The second-order valence-electron chi connectivity index (χ2n) is 6.23. The number of aromatic amines is 1. The number of rotatable bonds is 8. The monoisotopic (exact) mass is 372 g/mol. The Balaban J connectivity index is 2.45. The maximum Gasteiger partial charge on any atom is 0.401 e. The number of aromatic nitrogens is 1. The number of nitriles is 1. The number of nitrogens with one attached hydrogen (secondary N) is 2. The molecule has 2 N–H and O–H groups in total. The number of nitrogens with zero attached hydrogens (tertiary/aromatic N) is 2. The summed E-state index contributed by atoms with van der Waals surface area (Å²) in [6, 6.07) is 1.86. The topological polar surface area (TPSA) is 89.0 Å². The summed E-state index contributed by atoms with van der Waals surface area (Å²) in [5.41, 5.74) is 1.53. The molecule has 0 spiro atoms. The SMILES string of the molecule is Cc1[nH]c(=O)c(C#N)c(C)c1CCC(=O)NCCCN(C)CC(F)(F)F. The first kappa shape index (κ1) is 21.7. The summed E-state index contributed by atoms with van der Waals surface area (Å²) in [6.45, 7) is 2.91. The van der Waals surface area contributed by atoms with E-state index >= 15 is 0 Å². The Labute approximate surface area is 150 Å². The number of carbonyl (C=O) groups is 1. The quantitative estimate of drug-likeness (QED) is 0.681. The van der Waals surface area contributed by atoms with E-state index in [0.29, 0.717) is 24.1 Å². The van der Waals surface area contributed by atoms with E-state index in [1.807, 2.05) is 6.07 Å². The lowest BCUT2D eigenvalue weighted by Gasteiger charge is -2.18. The van der Waals surface area contributed by atoms with Gasteiger partial charge in [-0.05, 0) is 51.4 Å². The zero-order chi connectivity index (χ0) is 19.9. The standard InChI is InChI=1S/C17H23F3N4O2/c1-11-13(12(2)23-16(26)14(11)9-21)5-6-15(25)22-7-4-8-24(3)10-17(18,19)20/h4-8,10H2,1-3H3,(H,22,25)(H,23,26). The molecule has 0 aliphatic carbocycles. The molecule has 0 unspecified atom stereocenters. The second kappa shape index (κ2) is 9.38. The van der Waals surface area contributed by atoms with Gasteiger partial charge in [-0.25, -0.2) is 0 Å². The van der Waals surface area contributed by atoms with Crippen molar-refractivity contribution in [2.45, 2.75) is 39.3 Å². The molecule has 0 aliphatic rings. The maximum atomic E-state index is 12.2. The number of alkyl halides is 3. The molecule has 6 nitrogen and oxygen atoms in total. The average Bonchev–Trinajstić information content (AvgIpc) is 2.49. The Morgan fingerprint density at radius 2 is 2.00 bits per heavy atom. The van der Waals surface area contributed by atoms with Crippen molar-refractivity contribution in [3.05, 3.63) is 32.7 Å². The van der Waals surface area contributed by atoms with Crippen molar-refractivity contribution < 1.29 is 18.0 Å². The minimum absolute atomic E-state index is 0.0405. The summed E-state index contributed by atoms with van der Waals surface area (Å²) >= 11 is 0. The van der Waals surface area contributed by atoms with Gasteiger partial charge in [0.1, 0.15) is 11.6 Å². The Kier molecular flexibility index (Phi) is 7.83. The fraction of sp³-hybridized carbons (Fsp3) is 0.588. The maximum absolute atomic E-state index is 12.2. The van der Waals surface area contributed by atoms with Crippen LogP contribution in [0, 0.1) is 25.2 Å². The lowest BCUT2D eigenvalue weighted by Crippen LogP contribution is -2.33. The van der Waals surface area contributed by atoms with Crippen LogP contribution in [0.4, 0.5) is 13.2 Å². The molecular formula is C17H23F3N4O2. The first-order valence-corrected chi connectivity index (χ1v) is 8.19. The molecule has 0 saturated carbocycles. The first-order chi connectivity index (χ1) is 12.0. The summed E-state index contributed by atoms with van der Waals surface area (Å²) in [7, 11) is 1.38. The van der Waals surface area contributed by atoms with Crippen LogP contribution < -0.4 is 10.9 Å². The van der Waals surface area contributed by atoms with E-state index in [1.165, 1.54) is 7.05 Å². The van der Waals surface area contributed by atoms with Gasteiger partial charge in [0, 0.05) is 18.7 Å². The summed E-state index contributed by atoms with van der Waals surface area (Å²) < 4.78 is 36.6. The third-order valence-electron chi connectivity index (χ3n) is 4.01. The Morgan fingerprint density at radius 3 is 2.58 bits per heavy atom. The van der Waals surface area contributed by atoms with Crippen molar-refractivity contribution in [3.63, 3.8) is 0 Å². The summed E-state index contributed by atoms with van der Waals surface area (Å²) in [4.78, 5) is 27.3. The smallest absolute Gasteiger partial charge is 0.356 e. The van der Waals surface area contributed by atoms with Crippen LogP contribution in [0.1, 0.15) is 35.2 Å². The zero-order valence-corrected chi connectivity index (χ0v) is 15.1. The van der Waals surface area contributed by atoms with Gasteiger partial charge in [0.2, 0.25) is 5.91 Å². The highest BCUT2D eigenvalue weighted by atomic mass is 19.4. The van der Waals surface area contributed by atoms with Gasteiger partial charge in [-0.15, -0.1) is 0 Å². The predicted molar refractivity (Wildman–Crippen MR) is 90.8 cm³/mol. The molecule has 1 aromatic heterocycles. The number of hydrogen-bond donors (Lipinski definition) is 2. The lowest BCUT2D eigenvalue weighted by atomic mass is 9.99. The third-order valence-corrected chi connectivity index (χ3v) is 4.01. The molecule has 1 rings (SSSR count). The predicted octanol–water partition coefficient (Wildman–Crippen LogP) is 1.80. The van der Waals surface area contributed by atoms with E-state index in [4.69, 9.17) is 5.26 Å². The van der Waals surface area contributed by atoms with Gasteiger partial charge in [0.25, 0.3) is 5.56 Å². The van der Waals surface area contributed by atoms with Gasteiger partial charge in [-0.3, -0.25) is 14.5 Å². The van der Waals surface area contributed by atoms with Crippen LogP contribution in [0.15, 0.2) is 4.79 Å². The Morgan fingerprint density at radius 1 is 1.35 bits per heavy atom. The van der Waals surface area contributed by atoms with Crippen LogP contribution in [0.3, 0.4) is 0 Å². The molecule has 1 aromatic rings. The summed E-state index contributed by atoms with van der Waals surface area (Å²) in [5, 5.41) is 11.7. The molecule has 0 aliphatic heterocycles. The van der Waals surface area contributed by atoms with Crippen molar-refractivity contribution in [2.75, 3.05) is 26.7 Å². The number of pyridine rings is 1. The number of aryl methyl sites for hydroxylation is 1. The highest BCUT2D eigenvalue weighted by molar-refractivity contribution is 5.76. The molecule has 0 bridgehead atoms. The molecule has 0 atom stereocenters. The van der Waals surface area contributed by atoms with Crippen molar-refractivity contribution >= 4 is 5.91 Å². The van der Waals surface area contributed by atoms with Gasteiger partial charge in [0.15, 0.2) is 0 Å². The normalized spacial score (nSPS) is 11.5. The minimum atomic E-state index is -4.23. The number of carbonyl (C=O) groups excluding carboxylic acids is 1. The van der Waals surface area contributed by atoms with Crippen LogP contribution in [0.2, 0.25) is 0 Å². The molecule has 144 valence electrons. The van der Waals surface area contributed by atoms with Crippen molar-refractivity contribution in [2.24, 2.45) is 0 Å². The number of H-pyrrole nitrogens is 1. The molecule has 9 heteroatoms. The van der Waals surface area contributed by atoms with Crippen molar-refractivity contribution in [1.82, 2.24) is 15.2 Å². The van der Waals surface area contributed by atoms with Crippen LogP contribution in [-0.2, 0) is 11.2 Å². The summed E-state index contributed by atoms with van der Waals surface area (Å²) in [6.07, 6.45) is -3.29. The fourth-order valence-corrected chi connectivity index (χ4v) is 2.71. The van der Waals surface area contributed by atoms with Gasteiger partial charge in [-0.2, -0.15) is 18.4 Å². The van der Waals surface area contributed by atoms with E-state index in [2.05, 4.69) is 10.3 Å². The molecule has 26 heavy (non-hydrogen) atoms. The molecule has 0 aromatic carbocycles.